The summed E-state index contributed by atoms with van der Waals surface area (Å²) >= 11 is 0. The molecule has 30 heavy (non-hydrogen) atoms. The van der Waals surface area contributed by atoms with E-state index < -0.39 is 33.2 Å². The van der Waals surface area contributed by atoms with Crippen molar-refractivity contribution in [3.05, 3.63) is 54.6 Å². The molecule has 2 rings (SSSR count). The number of hydrogen-bond donors (Lipinski definition) is 1. The highest BCUT2D eigenvalue weighted by molar-refractivity contribution is 7.89. The third kappa shape index (κ3) is 7.55. The van der Waals surface area contributed by atoms with Gasteiger partial charge in [0.1, 0.15) is 11.6 Å². The van der Waals surface area contributed by atoms with Crippen molar-refractivity contribution >= 4 is 16.0 Å². The normalized spacial score (nSPS) is 13.7. The molecule has 1 atom stereocenters. The van der Waals surface area contributed by atoms with Crippen molar-refractivity contribution in [2.24, 2.45) is 0 Å². The van der Waals surface area contributed by atoms with Crippen LogP contribution in [0.15, 0.2) is 59.5 Å². The molecule has 2 aromatic carbocycles. The molecule has 0 aromatic heterocycles. The van der Waals surface area contributed by atoms with Crippen LogP contribution in [0.4, 0.5) is 0 Å². The Balaban J connectivity index is 2.22. The summed E-state index contributed by atoms with van der Waals surface area (Å²) in [5, 5.41) is 0. The van der Waals surface area contributed by atoms with Gasteiger partial charge >= 0.3 is 5.97 Å². The third-order valence-corrected chi connectivity index (χ3v) is 5.43. The standard InChI is InChI=1S/C23H31NO5S/c1-22(2,3)28-16-20(21(25)29-23(4,5)6)24-30(26,27)19-14-12-18(13-15-19)17-10-8-7-9-11-17/h7-15,20,24H,16H2,1-6H3. The first-order valence-electron chi connectivity index (χ1n) is 9.81. The lowest BCUT2D eigenvalue weighted by molar-refractivity contribution is -0.159. The van der Waals surface area contributed by atoms with Gasteiger partial charge < -0.3 is 9.47 Å². The fraction of sp³-hybridized carbons (Fsp3) is 0.435. The van der Waals surface area contributed by atoms with E-state index in [0.29, 0.717) is 0 Å². The van der Waals surface area contributed by atoms with E-state index in [1.807, 2.05) is 51.1 Å². The second-order valence-corrected chi connectivity index (χ2v) is 10.7. The van der Waals surface area contributed by atoms with E-state index in [1.54, 1.807) is 32.9 Å². The summed E-state index contributed by atoms with van der Waals surface area (Å²) in [4.78, 5) is 12.7. The maximum atomic E-state index is 12.9. The molecular formula is C23H31NO5S. The van der Waals surface area contributed by atoms with Crippen molar-refractivity contribution in [2.45, 2.75) is 63.7 Å². The van der Waals surface area contributed by atoms with Gasteiger partial charge in [-0.2, -0.15) is 4.72 Å². The fourth-order valence-corrected chi connectivity index (χ4v) is 3.74. The van der Waals surface area contributed by atoms with Crippen LogP contribution in [0.2, 0.25) is 0 Å². The van der Waals surface area contributed by atoms with Crippen LogP contribution in [0, 0.1) is 0 Å². The Labute approximate surface area is 179 Å². The summed E-state index contributed by atoms with van der Waals surface area (Å²) in [6, 6.07) is 15.0. The molecule has 7 heteroatoms. The van der Waals surface area contributed by atoms with Crippen LogP contribution in [0.3, 0.4) is 0 Å². The molecule has 0 saturated heterocycles. The number of ether oxygens (including phenoxy) is 2. The van der Waals surface area contributed by atoms with E-state index in [2.05, 4.69) is 4.72 Å². The second-order valence-electron chi connectivity index (χ2n) is 9.02. The van der Waals surface area contributed by atoms with Crippen molar-refractivity contribution in [1.29, 1.82) is 0 Å². The van der Waals surface area contributed by atoms with Gasteiger partial charge in [-0.3, -0.25) is 4.79 Å². The number of carbonyl (C=O) groups is 1. The summed E-state index contributed by atoms with van der Waals surface area (Å²) in [7, 11) is -3.96. The first-order chi connectivity index (χ1) is 13.8. The molecule has 0 bridgehead atoms. The molecule has 2 aromatic rings. The van der Waals surface area contributed by atoms with Crippen molar-refractivity contribution in [3.63, 3.8) is 0 Å². The highest BCUT2D eigenvalue weighted by atomic mass is 32.2. The number of hydrogen-bond acceptors (Lipinski definition) is 5. The minimum Gasteiger partial charge on any atom is -0.459 e. The molecule has 0 aliphatic carbocycles. The summed E-state index contributed by atoms with van der Waals surface area (Å²) in [5.41, 5.74) is 0.594. The largest absolute Gasteiger partial charge is 0.459 e. The number of nitrogens with one attached hydrogen (secondary N) is 1. The molecule has 1 N–H and O–H groups in total. The molecule has 0 fully saturated rings. The van der Waals surface area contributed by atoms with Crippen LogP contribution in [-0.4, -0.2) is 38.2 Å². The van der Waals surface area contributed by atoms with Crippen molar-refractivity contribution in [3.8, 4) is 11.1 Å². The Hall–Kier alpha value is -2.22. The molecule has 0 heterocycles. The SMILES string of the molecule is CC(C)(C)OCC(NS(=O)(=O)c1ccc(-c2ccccc2)cc1)C(=O)OC(C)(C)C. The highest BCUT2D eigenvalue weighted by Gasteiger charge is 2.31. The summed E-state index contributed by atoms with van der Waals surface area (Å²) in [6.07, 6.45) is 0. The minimum absolute atomic E-state index is 0.0616. The van der Waals surface area contributed by atoms with E-state index in [9.17, 15) is 13.2 Å². The van der Waals surface area contributed by atoms with Gasteiger partial charge in [-0.05, 0) is 64.8 Å². The van der Waals surface area contributed by atoms with Crippen molar-refractivity contribution < 1.29 is 22.7 Å². The zero-order valence-electron chi connectivity index (χ0n) is 18.4. The number of carbonyl (C=O) groups excluding carboxylic acids is 1. The van der Waals surface area contributed by atoms with E-state index in [0.717, 1.165) is 11.1 Å². The first kappa shape index (κ1) is 24.1. The Morgan fingerprint density at radius 1 is 0.867 bits per heavy atom. The molecule has 1 unspecified atom stereocenters. The lowest BCUT2D eigenvalue weighted by Gasteiger charge is -2.27. The smallest absolute Gasteiger partial charge is 0.327 e. The highest BCUT2D eigenvalue weighted by Crippen LogP contribution is 2.21. The van der Waals surface area contributed by atoms with Gasteiger partial charge in [-0.25, -0.2) is 8.42 Å². The Bertz CT molecular complexity index is 940. The van der Waals surface area contributed by atoms with E-state index in [4.69, 9.17) is 9.47 Å². The molecule has 0 aliphatic rings. The van der Waals surface area contributed by atoms with Gasteiger partial charge in [0.2, 0.25) is 10.0 Å². The minimum atomic E-state index is -3.96. The molecule has 0 aliphatic heterocycles. The second kappa shape index (κ2) is 9.29. The van der Waals surface area contributed by atoms with E-state index in [1.165, 1.54) is 12.1 Å². The number of esters is 1. The van der Waals surface area contributed by atoms with E-state index >= 15 is 0 Å². The maximum Gasteiger partial charge on any atom is 0.327 e. The summed E-state index contributed by atoms with van der Waals surface area (Å²) in [5.74, 6) is -0.684. The molecule has 0 saturated carbocycles. The van der Waals surface area contributed by atoms with Crippen molar-refractivity contribution in [2.75, 3.05) is 6.61 Å². The first-order valence-corrected chi connectivity index (χ1v) is 11.3. The topological polar surface area (TPSA) is 81.7 Å². The lowest BCUT2D eigenvalue weighted by atomic mass is 10.1. The van der Waals surface area contributed by atoms with Gasteiger partial charge in [0.05, 0.1) is 17.1 Å². The van der Waals surface area contributed by atoms with Gasteiger partial charge in [0.25, 0.3) is 0 Å². The lowest BCUT2D eigenvalue weighted by Crippen LogP contribution is -2.48. The summed E-state index contributed by atoms with van der Waals surface area (Å²) < 4.78 is 39.3. The number of rotatable bonds is 7. The van der Waals surface area contributed by atoms with Crippen LogP contribution in [0.1, 0.15) is 41.5 Å². The fourth-order valence-electron chi connectivity index (χ4n) is 2.57. The molecule has 0 radical (unpaired) electrons. The predicted octanol–water partition coefficient (Wildman–Crippen LogP) is 4.16. The number of benzene rings is 2. The molecule has 164 valence electrons. The Morgan fingerprint density at radius 3 is 1.90 bits per heavy atom. The Kier molecular flexibility index (Phi) is 7.45. The van der Waals surface area contributed by atoms with Crippen LogP contribution in [0.5, 0.6) is 0 Å². The van der Waals surface area contributed by atoms with Gasteiger partial charge in [-0.15, -0.1) is 0 Å². The van der Waals surface area contributed by atoms with Crippen LogP contribution in [-0.2, 0) is 24.3 Å². The number of sulfonamides is 1. The summed E-state index contributed by atoms with van der Waals surface area (Å²) in [6.45, 7) is 10.5. The van der Waals surface area contributed by atoms with Gasteiger partial charge in [-0.1, -0.05) is 42.5 Å². The molecule has 0 spiro atoms. The maximum absolute atomic E-state index is 12.9. The van der Waals surface area contributed by atoms with E-state index in [-0.39, 0.29) is 11.5 Å². The van der Waals surface area contributed by atoms with Gasteiger partial charge in [0.15, 0.2) is 0 Å². The molecular weight excluding hydrogens is 402 g/mol. The van der Waals surface area contributed by atoms with Crippen LogP contribution >= 0.6 is 0 Å². The molecule has 6 nitrogen and oxygen atoms in total. The zero-order valence-corrected chi connectivity index (χ0v) is 19.2. The monoisotopic (exact) mass is 433 g/mol. The van der Waals surface area contributed by atoms with Crippen LogP contribution < -0.4 is 4.72 Å². The zero-order chi connectivity index (χ0) is 22.6. The van der Waals surface area contributed by atoms with Crippen molar-refractivity contribution in [1.82, 2.24) is 4.72 Å². The van der Waals surface area contributed by atoms with Gasteiger partial charge in [0, 0.05) is 0 Å². The predicted molar refractivity (Wildman–Crippen MR) is 118 cm³/mol. The average Bonchev–Trinajstić information content (AvgIpc) is 2.64. The Morgan fingerprint density at radius 2 is 1.40 bits per heavy atom. The molecule has 0 amide bonds. The quantitative estimate of drug-likeness (QED) is 0.663. The average molecular weight is 434 g/mol. The van der Waals surface area contributed by atoms with Crippen LogP contribution in [0.25, 0.3) is 11.1 Å². The third-order valence-electron chi connectivity index (χ3n) is 3.94.